The summed E-state index contributed by atoms with van der Waals surface area (Å²) < 4.78 is 3.00. The summed E-state index contributed by atoms with van der Waals surface area (Å²) in [5.41, 5.74) is 18.5. The molecule has 2 aliphatic rings. The van der Waals surface area contributed by atoms with Crippen molar-refractivity contribution in [2.45, 2.75) is 117 Å². The summed E-state index contributed by atoms with van der Waals surface area (Å²) in [4.78, 5) is 65.8. The Bertz CT molecular complexity index is 2580. The fourth-order valence-corrected chi connectivity index (χ4v) is 8.84. The number of carbonyl (C=O) groups excluding carboxylic acids is 4. The average molecular weight is 939 g/mol. The fourth-order valence-electron chi connectivity index (χ4n) is 8.84. The van der Waals surface area contributed by atoms with Gasteiger partial charge in [0.1, 0.15) is 30.0 Å². The molecule has 69 heavy (non-hydrogen) atoms. The molecule has 4 heterocycles. The van der Waals surface area contributed by atoms with Crippen LogP contribution in [0.2, 0.25) is 0 Å². The van der Waals surface area contributed by atoms with Gasteiger partial charge in [0.25, 0.3) is 11.8 Å². The van der Waals surface area contributed by atoms with Crippen LogP contribution in [0.5, 0.6) is 0 Å². The van der Waals surface area contributed by atoms with Crippen molar-refractivity contribution in [3.8, 4) is 12.3 Å². The van der Waals surface area contributed by atoms with E-state index >= 15 is 0 Å². The van der Waals surface area contributed by atoms with Crippen molar-refractivity contribution < 1.29 is 19.2 Å². The lowest BCUT2D eigenvalue weighted by molar-refractivity contribution is -0.120. The Kier molecular flexibility index (Phi) is 19.3. The molecule has 0 aliphatic heterocycles. The SMILES string of the molecule is C#CCn1nccc1C(=O)NC(C(=O)Nc1ccc(/C(C(C)=N)=C(\C)N)nc1)C1CCCCC1.C=CCn1nccc1C(=O)NC(C(=O)Nc1ccc(/C(C(C)=NC)=C(\C)N)nc1)C1CCCCC1. The van der Waals surface area contributed by atoms with Crippen LogP contribution >= 0.6 is 0 Å². The number of nitrogens with two attached hydrogens (primary N) is 2. The minimum atomic E-state index is -0.702. The highest BCUT2D eigenvalue weighted by atomic mass is 16.2. The summed E-state index contributed by atoms with van der Waals surface area (Å²) in [6.07, 6.45) is 23.1. The molecule has 6 rings (SSSR count). The molecule has 2 aliphatic carbocycles. The Balaban J connectivity index is 0.000000258. The van der Waals surface area contributed by atoms with Gasteiger partial charge in [0.05, 0.1) is 41.7 Å². The molecule has 2 unspecified atom stereocenters. The van der Waals surface area contributed by atoms with Crippen LogP contribution in [0, 0.1) is 29.6 Å². The molecule has 9 N–H and O–H groups in total. The van der Waals surface area contributed by atoms with Gasteiger partial charge in [-0.15, -0.1) is 13.0 Å². The van der Waals surface area contributed by atoms with E-state index < -0.39 is 12.1 Å². The van der Waals surface area contributed by atoms with Gasteiger partial charge in [-0.3, -0.25) is 38.8 Å². The maximum absolute atomic E-state index is 13.4. The molecule has 0 radical (unpaired) electrons. The summed E-state index contributed by atoms with van der Waals surface area (Å²) in [7, 11) is 1.71. The minimum absolute atomic E-state index is 0.0314. The van der Waals surface area contributed by atoms with Crippen LogP contribution in [0.3, 0.4) is 0 Å². The van der Waals surface area contributed by atoms with Crippen molar-refractivity contribution in [3.63, 3.8) is 0 Å². The summed E-state index contributed by atoms with van der Waals surface area (Å²) in [6, 6.07) is 8.88. The Labute approximate surface area is 404 Å². The average Bonchev–Trinajstić information content (AvgIpc) is 4.02. The van der Waals surface area contributed by atoms with E-state index in [1.165, 1.54) is 17.1 Å². The van der Waals surface area contributed by atoms with E-state index in [9.17, 15) is 19.2 Å². The zero-order valence-corrected chi connectivity index (χ0v) is 40.3. The van der Waals surface area contributed by atoms with Gasteiger partial charge in [0, 0.05) is 53.4 Å². The van der Waals surface area contributed by atoms with Gasteiger partial charge in [-0.2, -0.15) is 10.2 Å². The number of aromatic nitrogens is 6. The van der Waals surface area contributed by atoms with E-state index in [1.54, 1.807) is 87.4 Å². The zero-order valence-electron chi connectivity index (χ0n) is 40.3. The standard InChI is InChI=1S/C26H35N7O2.C25H31N7O2/c1-5-15-33-22(13-14-30-33)25(34)32-24(19-9-7-6-8-10-19)26(35)31-20-11-12-21(29-16-20)23(17(2)27)18(3)28-4;1-4-14-32-21(12-13-29-32)24(33)31-23(18-8-6-5-7-9-18)25(34)30-19-10-11-20(28-15-19)22(16(2)26)17(3)27/h5,11-14,16,19,24H,1,6-10,15,27H2,2-4H3,(H,31,35)(H,32,34);1,10-13,15,18,23,26H,5-9,14,27H2,2-3H3,(H,30,34)(H,31,33)/b23-17+,28-18?;22-17+,26-16?. The molecule has 2 atom stereocenters. The molecule has 18 heteroatoms. The molecule has 0 spiro atoms. The second-order valence-electron chi connectivity index (χ2n) is 17.4. The fraction of sp³-hybridized carbons (Fsp3) is 0.412. The molecule has 0 bridgehead atoms. The maximum atomic E-state index is 13.4. The van der Waals surface area contributed by atoms with E-state index in [0.717, 1.165) is 75.5 Å². The van der Waals surface area contributed by atoms with Gasteiger partial charge >= 0.3 is 0 Å². The first kappa shape index (κ1) is 52.3. The van der Waals surface area contributed by atoms with E-state index in [1.807, 2.05) is 6.92 Å². The topological polar surface area (TPSA) is 266 Å². The van der Waals surface area contributed by atoms with E-state index in [2.05, 4.69) is 58.9 Å². The van der Waals surface area contributed by atoms with Crippen molar-refractivity contribution in [3.05, 3.63) is 108 Å². The highest BCUT2D eigenvalue weighted by Gasteiger charge is 2.34. The van der Waals surface area contributed by atoms with Gasteiger partial charge in [-0.05, 0) is 102 Å². The van der Waals surface area contributed by atoms with Crippen molar-refractivity contribution in [1.82, 2.24) is 40.2 Å². The number of carbonyl (C=O) groups is 4. The van der Waals surface area contributed by atoms with Crippen molar-refractivity contribution >= 4 is 57.6 Å². The van der Waals surface area contributed by atoms with Crippen molar-refractivity contribution in [2.75, 3.05) is 17.7 Å². The third-order valence-corrected chi connectivity index (χ3v) is 12.3. The van der Waals surface area contributed by atoms with Crippen LogP contribution in [0.1, 0.15) is 124 Å². The van der Waals surface area contributed by atoms with Gasteiger partial charge in [0.2, 0.25) is 11.8 Å². The Hall–Kier alpha value is -7.68. The van der Waals surface area contributed by atoms with Gasteiger partial charge < -0.3 is 38.1 Å². The van der Waals surface area contributed by atoms with Crippen molar-refractivity contribution in [1.29, 1.82) is 5.41 Å². The number of nitrogens with one attached hydrogen (secondary N) is 5. The largest absolute Gasteiger partial charge is 0.402 e. The Morgan fingerprint density at radius 2 is 1.20 bits per heavy atom. The monoisotopic (exact) mass is 939 g/mol. The molecular weight excluding hydrogens is 873 g/mol. The third kappa shape index (κ3) is 14.2. The number of hydrogen-bond donors (Lipinski definition) is 7. The van der Waals surface area contributed by atoms with Crippen LogP contribution < -0.4 is 32.7 Å². The number of anilines is 2. The molecule has 2 fully saturated rings. The van der Waals surface area contributed by atoms with Crippen LogP contribution in [0.4, 0.5) is 11.4 Å². The minimum Gasteiger partial charge on any atom is -0.402 e. The van der Waals surface area contributed by atoms with Gasteiger partial charge in [-0.25, -0.2) is 4.68 Å². The van der Waals surface area contributed by atoms with Crippen LogP contribution in [0.25, 0.3) is 11.1 Å². The predicted octanol–water partition coefficient (Wildman–Crippen LogP) is 6.52. The molecule has 18 nitrogen and oxygen atoms in total. The number of terminal acetylenes is 1. The first-order chi connectivity index (χ1) is 33.2. The second kappa shape index (κ2) is 25.5. The summed E-state index contributed by atoms with van der Waals surface area (Å²) in [5.74, 6) is 1.30. The molecule has 4 aromatic rings. The molecule has 2 saturated carbocycles. The first-order valence-electron chi connectivity index (χ1n) is 23.3. The maximum Gasteiger partial charge on any atom is 0.270 e. The number of rotatable bonds is 17. The number of hydrogen-bond acceptors (Lipinski definition) is 12. The zero-order chi connectivity index (χ0) is 50.0. The summed E-state index contributed by atoms with van der Waals surface area (Å²) >= 11 is 0. The van der Waals surface area contributed by atoms with E-state index in [0.29, 0.717) is 63.4 Å². The molecule has 0 saturated heterocycles. The number of amides is 4. The molecular formula is C51H66N14O4. The Morgan fingerprint density at radius 3 is 1.59 bits per heavy atom. The van der Waals surface area contributed by atoms with E-state index in [-0.39, 0.29) is 42.0 Å². The number of allylic oxidation sites excluding steroid dienone is 5. The molecule has 4 aromatic heterocycles. The van der Waals surface area contributed by atoms with Crippen LogP contribution in [0.15, 0.2) is 90.2 Å². The summed E-state index contributed by atoms with van der Waals surface area (Å²) in [5, 5.41) is 27.9. The number of pyridine rings is 2. The molecule has 4 amide bonds. The summed E-state index contributed by atoms with van der Waals surface area (Å²) in [6.45, 7) is 11.3. The van der Waals surface area contributed by atoms with Crippen LogP contribution in [-0.2, 0) is 22.7 Å². The highest BCUT2D eigenvalue weighted by molar-refractivity contribution is 6.23. The van der Waals surface area contributed by atoms with Crippen LogP contribution in [-0.4, -0.2) is 83.7 Å². The highest BCUT2D eigenvalue weighted by Crippen LogP contribution is 2.29. The quantitative estimate of drug-likeness (QED) is 0.0342. The lowest BCUT2D eigenvalue weighted by Gasteiger charge is -2.30. The molecule has 0 aromatic carbocycles. The Morgan fingerprint density at radius 1 is 0.754 bits per heavy atom. The first-order valence-corrected chi connectivity index (χ1v) is 23.3. The number of aliphatic imine (C=N–C) groups is 1. The third-order valence-electron chi connectivity index (χ3n) is 12.3. The van der Waals surface area contributed by atoms with Gasteiger partial charge in [-0.1, -0.05) is 50.5 Å². The van der Waals surface area contributed by atoms with Gasteiger partial charge in [0.15, 0.2) is 0 Å². The number of nitrogens with zero attached hydrogens (tertiary/aromatic N) is 7. The lowest BCUT2D eigenvalue weighted by atomic mass is 9.83. The predicted molar refractivity (Wildman–Crippen MR) is 271 cm³/mol. The van der Waals surface area contributed by atoms with E-state index in [4.69, 9.17) is 23.3 Å². The normalized spacial score (nSPS) is 15.9. The second-order valence-corrected chi connectivity index (χ2v) is 17.4. The van der Waals surface area contributed by atoms with Crippen molar-refractivity contribution in [2.24, 2.45) is 28.3 Å². The lowest BCUT2D eigenvalue weighted by Crippen LogP contribution is -2.49. The molecule has 364 valence electrons. The smallest absolute Gasteiger partial charge is 0.270 e.